The van der Waals surface area contributed by atoms with E-state index in [0.717, 1.165) is 18.0 Å². The molecule has 0 saturated heterocycles. The molecule has 5 nitrogen and oxygen atoms in total. The van der Waals surface area contributed by atoms with E-state index in [1.165, 1.54) is 25.3 Å². The largest absolute Gasteiger partial charge is 0.496 e. The molecule has 2 rings (SSSR count). The maximum Gasteiger partial charge on any atom is 0.270 e. The molecule has 1 saturated carbocycles. The number of hydrogen-bond acceptors (Lipinski definition) is 4. The molecule has 1 aliphatic rings. The molecular formula is C13H18N2O3. The van der Waals surface area contributed by atoms with Crippen LogP contribution in [0.3, 0.4) is 0 Å². The molecule has 0 amide bonds. The molecule has 0 heterocycles. The SMILES string of the molecule is COc1ccc([N+](=O)[O-])cc1CNCCC1CC1. The lowest BCUT2D eigenvalue weighted by Crippen LogP contribution is -2.15. The number of benzene rings is 1. The summed E-state index contributed by atoms with van der Waals surface area (Å²) in [4.78, 5) is 10.3. The first kappa shape index (κ1) is 12.8. The Bertz CT molecular complexity index is 430. The van der Waals surface area contributed by atoms with Gasteiger partial charge in [0.2, 0.25) is 0 Å². The van der Waals surface area contributed by atoms with Crippen molar-refractivity contribution in [3.63, 3.8) is 0 Å². The lowest BCUT2D eigenvalue weighted by Gasteiger charge is -2.09. The predicted octanol–water partition coefficient (Wildman–Crippen LogP) is 2.49. The van der Waals surface area contributed by atoms with Crippen molar-refractivity contribution in [3.8, 4) is 5.75 Å². The summed E-state index contributed by atoms with van der Waals surface area (Å²) in [5.74, 6) is 1.59. The van der Waals surface area contributed by atoms with Crippen LogP contribution < -0.4 is 10.1 Å². The minimum absolute atomic E-state index is 0.106. The van der Waals surface area contributed by atoms with Gasteiger partial charge in [-0.2, -0.15) is 0 Å². The van der Waals surface area contributed by atoms with Crippen molar-refractivity contribution in [1.82, 2.24) is 5.32 Å². The second kappa shape index (κ2) is 5.82. The van der Waals surface area contributed by atoms with E-state index in [1.54, 1.807) is 19.2 Å². The Balaban J connectivity index is 1.94. The topological polar surface area (TPSA) is 64.4 Å². The van der Waals surface area contributed by atoms with Gasteiger partial charge in [0.25, 0.3) is 5.69 Å². The van der Waals surface area contributed by atoms with Gasteiger partial charge in [-0.15, -0.1) is 0 Å². The molecule has 18 heavy (non-hydrogen) atoms. The fourth-order valence-electron chi connectivity index (χ4n) is 1.95. The Kier molecular flexibility index (Phi) is 4.15. The zero-order valence-electron chi connectivity index (χ0n) is 10.5. The highest BCUT2D eigenvalue weighted by Crippen LogP contribution is 2.31. The van der Waals surface area contributed by atoms with Crippen LogP contribution >= 0.6 is 0 Å². The summed E-state index contributed by atoms with van der Waals surface area (Å²) in [7, 11) is 1.58. The molecule has 0 bridgehead atoms. The molecule has 0 atom stereocenters. The van der Waals surface area contributed by atoms with E-state index in [4.69, 9.17) is 4.74 Å². The third kappa shape index (κ3) is 3.43. The summed E-state index contributed by atoms with van der Waals surface area (Å²) in [5.41, 5.74) is 0.942. The maximum atomic E-state index is 10.7. The Morgan fingerprint density at radius 3 is 2.89 bits per heavy atom. The van der Waals surface area contributed by atoms with E-state index in [-0.39, 0.29) is 10.6 Å². The van der Waals surface area contributed by atoms with Gasteiger partial charge in [0.1, 0.15) is 5.75 Å². The van der Waals surface area contributed by atoms with Crippen LogP contribution in [0, 0.1) is 16.0 Å². The van der Waals surface area contributed by atoms with Crippen LogP contribution in [0.1, 0.15) is 24.8 Å². The number of ether oxygens (including phenoxy) is 1. The normalized spacial score (nSPS) is 14.5. The van der Waals surface area contributed by atoms with Crippen molar-refractivity contribution in [2.75, 3.05) is 13.7 Å². The highest BCUT2D eigenvalue weighted by Gasteiger charge is 2.20. The van der Waals surface area contributed by atoms with Gasteiger partial charge in [0.05, 0.1) is 12.0 Å². The van der Waals surface area contributed by atoms with E-state index in [1.807, 2.05) is 0 Å². The number of nitro groups is 1. The Morgan fingerprint density at radius 2 is 2.28 bits per heavy atom. The second-order valence-corrected chi connectivity index (χ2v) is 4.66. The van der Waals surface area contributed by atoms with Crippen molar-refractivity contribution in [2.24, 2.45) is 5.92 Å². The summed E-state index contributed by atoms with van der Waals surface area (Å²) in [6, 6.07) is 4.69. The molecule has 1 fully saturated rings. The first-order valence-corrected chi connectivity index (χ1v) is 6.22. The van der Waals surface area contributed by atoms with Gasteiger partial charge in [-0.3, -0.25) is 10.1 Å². The zero-order chi connectivity index (χ0) is 13.0. The summed E-state index contributed by atoms with van der Waals surface area (Å²) in [6.07, 6.45) is 3.89. The third-order valence-electron chi connectivity index (χ3n) is 3.22. The lowest BCUT2D eigenvalue weighted by molar-refractivity contribution is -0.384. The third-order valence-corrected chi connectivity index (χ3v) is 3.22. The number of nitrogens with one attached hydrogen (secondary N) is 1. The highest BCUT2D eigenvalue weighted by atomic mass is 16.6. The van der Waals surface area contributed by atoms with Crippen LogP contribution in [-0.4, -0.2) is 18.6 Å². The Morgan fingerprint density at radius 1 is 1.50 bits per heavy atom. The number of hydrogen-bond donors (Lipinski definition) is 1. The smallest absolute Gasteiger partial charge is 0.270 e. The van der Waals surface area contributed by atoms with Crippen LogP contribution in [0.25, 0.3) is 0 Å². The Labute approximate surface area is 106 Å². The molecule has 0 aliphatic heterocycles. The van der Waals surface area contributed by atoms with E-state index in [0.29, 0.717) is 12.3 Å². The van der Waals surface area contributed by atoms with E-state index >= 15 is 0 Å². The van der Waals surface area contributed by atoms with E-state index < -0.39 is 0 Å². The fourth-order valence-corrected chi connectivity index (χ4v) is 1.95. The van der Waals surface area contributed by atoms with E-state index in [9.17, 15) is 10.1 Å². The van der Waals surface area contributed by atoms with Crippen molar-refractivity contribution in [3.05, 3.63) is 33.9 Å². The van der Waals surface area contributed by atoms with Crippen molar-refractivity contribution in [2.45, 2.75) is 25.8 Å². The van der Waals surface area contributed by atoms with E-state index in [2.05, 4.69) is 5.32 Å². The predicted molar refractivity (Wildman–Crippen MR) is 68.7 cm³/mol. The lowest BCUT2D eigenvalue weighted by atomic mass is 10.1. The number of rotatable bonds is 7. The highest BCUT2D eigenvalue weighted by molar-refractivity contribution is 5.43. The van der Waals surface area contributed by atoms with Crippen molar-refractivity contribution < 1.29 is 9.66 Å². The minimum atomic E-state index is -0.382. The standard InChI is InChI=1S/C13H18N2O3/c1-18-13-5-4-12(15(16)17)8-11(13)9-14-7-6-10-2-3-10/h4-5,8,10,14H,2-3,6-7,9H2,1H3. The molecule has 0 spiro atoms. The average molecular weight is 250 g/mol. The molecule has 1 aromatic rings. The van der Waals surface area contributed by atoms with Gasteiger partial charge < -0.3 is 10.1 Å². The maximum absolute atomic E-state index is 10.7. The van der Waals surface area contributed by atoms with Gasteiger partial charge in [0.15, 0.2) is 0 Å². The zero-order valence-corrected chi connectivity index (χ0v) is 10.5. The molecule has 98 valence electrons. The molecule has 0 radical (unpaired) electrons. The van der Waals surface area contributed by atoms with Gasteiger partial charge in [0, 0.05) is 24.2 Å². The van der Waals surface area contributed by atoms with Crippen LogP contribution in [0.2, 0.25) is 0 Å². The molecule has 1 aliphatic carbocycles. The molecule has 5 heteroatoms. The van der Waals surface area contributed by atoms with Crippen LogP contribution in [0.5, 0.6) is 5.75 Å². The van der Waals surface area contributed by atoms with Gasteiger partial charge in [-0.1, -0.05) is 12.8 Å². The van der Waals surface area contributed by atoms with Crippen molar-refractivity contribution >= 4 is 5.69 Å². The summed E-state index contributed by atoms with van der Waals surface area (Å²) < 4.78 is 5.21. The number of nitrogens with zero attached hydrogens (tertiary/aromatic N) is 1. The summed E-state index contributed by atoms with van der Waals surface area (Å²) in [6.45, 7) is 1.56. The summed E-state index contributed by atoms with van der Waals surface area (Å²) >= 11 is 0. The fraction of sp³-hybridized carbons (Fsp3) is 0.538. The van der Waals surface area contributed by atoms with Crippen molar-refractivity contribution in [1.29, 1.82) is 0 Å². The average Bonchev–Trinajstić information content (AvgIpc) is 3.18. The molecule has 0 aromatic heterocycles. The molecule has 1 aromatic carbocycles. The van der Waals surface area contributed by atoms with Crippen LogP contribution in [0.15, 0.2) is 18.2 Å². The first-order chi connectivity index (χ1) is 8.70. The number of non-ortho nitro benzene ring substituents is 1. The Hall–Kier alpha value is -1.62. The first-order valence-electron chi connectivity index (χ1n) is 6.22. The number of methoxy groups -OCH3 is 1. The number of nitro benzene ring substituents is 1. The van der Waals surface area contributed by atoms with Gasteiger partial charge >= 0.3 is 0 Å². The quantitative estimate of drug-likeness (QED) is 0.459. The molecule has 0 unspecified atom stereocenters. The second-order valence-electron chi connectivity index (χ2n) is 4.66. The van der Waals surface area contributed by atoms with Gasteiger partial charge in [-0.05, 0) is 24.9 Å². The van der Waals surface area contributed by atoms with Gasteiger partial charge in [-0.25, -0.2) is 0 Å². The molecular weight excluding hydrogens is 232 g/mol. The van der Waals surface area contributed by atoms with Crippen LogP contribution in [-0.2, 0) is 6.54 Å². The minimum Gasteiger partial charge on any atom is -0.496 e. The summed E-state index contributed by atoms with van der Waals surface area (Å²) in [5, 5.41) is 14.0. The molecule has 1 N–H and O–H groups in total. The van der Waals surface area contributed by atoms with Crippen LogP contribution in [0.4, 0.5) is 5.69 Å². The monoisotopic (exact) mass is 250 g/mol.